The fraction of sp³-hybridized carbons (Fsp3) is 0.811. The van der Waals surface area contributed by atoms with Gasteiger partial charge in [0.05, 0.1) is 6.61 Å². The summed E-state index contributed by atoms with van der Waals surface area (Å²) in [6.07, 6.45) is 27.7. The quantitative estimate of drug-likeness (QED) is 0.0348. The van der Waals surface area contributed by atoms with Gasteiger partial charge < -0.3 is 40.7 Å². The van der Waals surface area contributed by atoms with Gasteiger partial charge in [-0.2, -0.15) is 0 Å². The maximum absolute atomic E-state index is 14.2. The highest BCUT2D eigenvalue weighted by Gasteiger charge is 2.48. The highest BCUT2D eigenvalue weighted by Crippen LogP contribution is 2.26. The highest BCUT2D eigenvalue weighted by molar-refractivity contribution is 5.88. The number of carboxylic acids is 1. The molecular formula is C53H93N3O9. The molecule has 0 aliphatic carbocycles. The molecule has 0 saturated carbocycles. The molecule has 0 aromatic heterocycles. The molecule has 1 fully saturated rings. The van der Waals surface area contributed by atoms with E-state index >= 15 is 0 Å². The number of aliphatic carboxylic acids is 1. The monoisotopic (exact) mass is 916 g/mol. The topological polar surface area (TPSA) is 186 Å². The zero-order valence-corrected chi connectivity index (χ0v) is 40.9. The molecule has 0 unspecified atom stereocenters. The second kappa shape index (κ2) is 38.0. The van der Waals surface area contributed by atoms with E-state index in [0.717, 1.165) is 44.1 Å². The highest BCUT2D eigenvalue weighted by atomic mass is 16.5. The van der Waals surface area contributed by atoms with Crippen LogP contribution in [0.5, 0.6) is 0 Å². The molecule has 1 saturated heterocycles. The third-order valence-electron chi connectivity index (χ3n) is 13.1. The zero-order chi connectivity index (χ0) is 47.3. The molecule has 12 nitrogen and oxygen atoms in total. The Kier molecular flexibility index (Phi) is 33.9. The van der Waals surface area contributed by atoms with E-state index in [-0.39, 0.29) is 31.6 Å². The van der Waals surface area contributed by atoms with Gasteiger partial charge in [0.25, 0.3) is 0 Å². The number of carbonyl (C=O) groups excluding carboxylic acids is 3. The third kappa shape index (κ3) is 26.8. The lowest BCUT2D eigenvalue weighted by Crippen LogP contribution is -2.70. The summed E-state index contributed by atoms with van der Waals surface area (Å²) in [5, 5.41) is 47.6. The van der Waals surface area contributed by atoms with Crippen LogP contribution in [0.3, 0.4) is 0 Å². The minimum Gasteiger partial charge on any atom is -0.481 e. The van der Waals surface area contributed by atoms with Gasteiger partial charge in [-0.3, -0.25) is 19.2 Å². The number of nitrogens with one attached hydrogen (secondary N) is 2. The van der Waals surface area contributed by atoms with Gasteiger partial charge in [-0.05, 0) is 31.2 Å². The smallest absolute Gasteiger partial charge is 0.303 e. The van der Waals surface area contributed by atoms with Crippen molar-refractivity contribution in [3.63, 3.8) is 0 Å². The number of aliphatic hydroxyl groups excluding tert-OH is 3. The number of hydrogen-bond acceptors (Lipinski definition) is 8. The summed E-state index contributed by atoms with van der Waals surface area (Å²) in [6, 6.07) is 6.85. The Morgan fingerprint density at radius 3 is 1.52 bits per heavy atom. The molecule has 1 aliphatic heterocycles. The van der Waals surface area contributed by atoms with Gasteiger partial charge in [-0.15, -0.1) is 0 Å². The lowest BCUT2D eigenvalue weighted by atomic mass is 9.94. The lowest BCUT2D eigenvalue weighted by Gasteiger charge is -2.47. The predicted octanol–water partition coefficient (Wildman–Crippen LogP) is 10.1. The molecular weight excluding hydrogens is 823 g/mol. The first-order valence-electron chi connectivity index (χ1n) is 26.4. The van der Waals surface area contributed by atoms with E-state index in [1.807, 2.05) is 30.3 Å². The predicted molar refractivity (Wildman–Crippen MR) is 260 cm³/mol. The molecule has 0 bridgehead atoms. The molecule has 1 aromatic carbocycles. The van der Waals surface area contributed by atoms with Crippen LogP contribution in [0.2, 0.25) is 0 Å². The Morgan fingerprint density at radius 1 is 0.600 bits per heavy atom. The molecule has 3 amide bonds. The van der Waals surface area contributed by atoms with Gasteiger partial charge in [0.1, 0.15) is 30.4 Å². The molecule has 0 spiro atoms. The van der Waals surface area contributed by atoms with E-state index in [9.17, 15) is 34.5 Å². The number of nitrogens with zero attached hydrogens (tertiary/aromatic N) is 1. The number of carbonyl (C=O) groups is 4. The Hall–Kier alpha value is -3.06. The van der Waals surface area contributed by atoms with Crippen LogP contribution in [0, 0.1) is 0 Å². The van der Waals surface area contributed by atoms with E-state index in [1.54, 1.807) is 4.90 Å². The number of unbranched alkanes of at least 4 members (excludes halogenated alkanes) is 26. The summed E-state index contributed by atoms with van der Waals surface area (Å²) < 4.78 is 6.26. The lowest BCUT2D eigenvalue weighted by molar-refractivity contribution is -0.231. The number of aliphatic hydroxyl groups is 3. The van der Waals surface area contributed by atoms with Crippen molar-refractivity contribution in [2.45, 2.75) is 262 Å². The Bertz CT molecular complexity index is 1370. The molecule has 374 valence electrons. The summed E-state index contributed by atoms with van der Waals surface area (Å²) in [5.74, 6) is -2.15. The van der Waals surface area contributed by atoms with E-state index in [0.29, 0.717) is 32.2 Å². The summed E-state index contributed by atoms with van der Waals surface area (Å²) in [6.45, 7) is 4.22. The molecule has 1 aliphatic rings. The number of amides is 3. The van der Waals surface area contributed by atoms with Crippen molar-refractivity contribution in [3.8, 4) is 0 Å². The van der Waals surface area contributed by atoms with Crippen molar-refractivity contribution in [2.24, 2.45) is 0 Å². The van der Waals surface area contributed by atoms with Crippen LogP contribution in [0.15, 0.2) is 30.3 Å². The fourth-order valence-electron chi connectivity index (χ4n) is 8.98. The van der Waals surface area contributed by atoms with Crippen LogP contribution in [0.1, 0.15) is 225 Å². The number of hydrogen-bond donors (Lipinski definition) is 6. The third-order valence-corrected chi connectivity index (χ3v) is 13.1. The van der Waals surface area contributed by atoms with Gasteiger partial charge in [0.2, 0.25) is 17.7 Å². The second-order valence-corrected chi connectivity index (χ2v) is 18.8. The summed E-state index contributed by atoms with van der Waals surface area (Å²) in [4.78, 5) is 54.1. The van der Waals surface area contributed by atoms with E-state index in [2.05, 4.69) is 24.5 Å². The van der Waals surface area contributed by atoms with Crippen molar-refractivity contribution in [1.29, 1.82) is 0 Å². The van der Waals surface area contributed by atoms with Crippen LogP contribution in [0.4, 0.5) is 0 Å². The molecule has 65 heavy (non-hydrogen) atoms. The number of carboxylic acid groups (broad SMARTS) is 1. The summed E-state index contributed by atoms with van der Waals surface area (Å²) >= 11 is 0. The molecule has 1 aromatic rings. The first kappa shape index (κ1) is 58.1. The molecule has 0 radical (unpaired) electrons. The summed E-state index contributed by atoms with van der Waals surface area (Å²) in [5.41, 5.74) is 0.781. The minimum atomic E-state index is -1.58. The van der Waals surface area contributed by atoms with Crippen LogP contribution in [-0.4, -0.2) is 98.8 Å². The number of benzene rings is 1. The molecule has 12 heteroatoms. The van der Waals surface area contributed by atoms with Crippen LogP contribution < -0.4 is 10.6 Å². The maximum atomic E-state index is 14.2. The number of rotatable bonds is 41. The SMILES string of the molecule is CCCCCCCCCCCCCCCCCC(=O)N(CCCCCCCCCCCCCC)[C@@H]1O[C@H](CO)[C@@H](O)[C@H](O)[C@H]1NC(=O)[C@H](Cc1ccccc1)NC(=O)CCCCC(=O)O. The molecule has 6 N–H and O–H groups in total. The Labute approximate surface area is 393 Å². The second-order valence-electron chi connectivity index (χ2n) is 18.8. The average Bonchev–Trinajstić information content (AvgIpc) is 3.30. The fourth-order valence-corrected chi connectivity index (χ4v) is 8.98. The Morgan fingerprint density at radius 2 is 1.05 bits per heavy atom. The molecule has 6 atom stereocenters. The summed E-state index contributed by atoms with van der Waals surface area (Å²) in [7, 11) is 0. The van der Waals surface area contributed by atoms with Crippen LogP contribution in [-0.2, 0) is 30.3 Å². The van der Waals surface area contributed by atoms with Gasteiger partial charge in [-0.1, -0.05) is 205 Å². The van der Waals surface area contributed by atoms with Crippen LogP contribution in [0.25, 0.3) is 0 Å². The van der Waals surface area contributed by atoms with E-state index in [1.165, 1.54) is 122 Å². The van der Waals surface area contributed by atoms with Crippen molar-refractivity contribution >= 4 is 23.7 Å². The van der Waals surface area contributed by atoms with Gasteiger partial charge in [0, 0.05) is 32.2 Å². The van der Waals surface area contributed by atoms with Crippen molar-refractivity contribution < 1.29 is 44.3 Å². The largest absolute Gasteiger partial charge is 0.481 e. The van der Waals surface area contributed by atoms with Gasteiger partial charge in [0.15, 0.2) is 6.23 Å². The first-order chi connectivity index (χ1) is 31.6. The van der Waals surface area contributed by atoms with Crippen molar-refractivity contribution in [3.05, 3.63) is 35.9 Å². The average molecular weight is 916 g/mol. The normalized spacial score (nSPS) is 18.9. The maximum Gasteiger partial charge on any atom is 0.303 e. The van der Waals surface area contributed by atoms with Gasteiger partial charge >= 0.3 is 5.97 Å². The Balaban J connectivity index is 2.11. The standard InChI is InChI=1S/C53H93N3O9/c1-3-5-7-9-11-13-15-17-18-19-20-22-24-26-31-38-47(59)56(40-34-27-25-23-21-16-14-12-10-8-6-4-2)53-49(51(63)50(62)45(42-57)65-53)55-52(64)44(41-43-35-29-28-30-36-43)54-46(58)37-32-33-39-48(60)61/h28-30,35-36,44-45,49-51,53,57,62-63H,3-27,31-34,37-42H2,1-2H3,(H,54,58)(H,55,64)(H,60,61)/t44-,45+,49+,50+,51+,53+/m0/s1. The van der Waals surface area contributed by atoms with Gasteiger partial charge in [-0.25, -0.2) is 0 Å². The number of ether oxygens (including phenoxy) is 1. The van der Waals surface area contributed by atoms with E-state index < -0.39 is 61.0 Å². The van der Waals surface area contributed by atoms with E-state index in [4.69, 9.17) is 9.84 Å². The van der Waals surface area contributed by atoms with Crippen molar-refractivity contribution in [1.82, 2.24) is 15.5 Å². The molecule has 1 heterocycles. The minimum absolute atomic E-state index is 0.0289. The first-order valence-corrected chi connectivity index (χ1v) is 26.4. The van der Waals surface area contributed by atoms with Crippen molar-refractivity contribution in [2.75, 3.05) is 13.2 Å². The zero-order valence-electron chi connectivity index (χ0n) is 40.9. The molecule has 2 rings (SSSR count). The van der Waals surface area contributed by atoms with Crippen LogP contribution >= 0.6 is 0 Å².